The number of carbonyl (C=O) groups excluding carboxylic acids is 1. The highest BCUT2D eigenvalue weighted by Gasteiger charge is 2.32. The molecule has 0 saturated carbocycles. The quantitative estimate of drug-likeness (QED) is 0.757. The first kappa shape index (κ1) is 18.4. The molecule has 2 unspecified atom stereocenters. The van der Waals surface area contributed by atoms with E-state index >= 15 is 0 Å². The SMILES string of the molecule is COCCc1noc(CN(C)C(=O)C2CC(c3ccc(F)cc3)NN2)n1. The summed E-state index contributed by atoms with van der Waals surface area (Å²) < 4.78 is 23.2. The van der Waals surface area contributed by atoms with Gasteiger partial charge in [-0.05, 0) is 24.1 Å². The lowest BCUT2D eigenvalue weighted by Gasteiger charge is -2.18. The van der Waals surface area contributed by atoms with Gasteiger partial charge in [0.1, 0.15) is 11.9 Å². The molecule has 2 atom stereocenters. The van der Waals surface area contributed by atoms with Crippen LogP contribution in [-0.4, -0.2) is 47.8 Å². The number of nitrogens with one attached hydrogen (secondary N) is 2. The Morgan fingerprint density at radius 2 is 2.15 bits per heavy atom. The van der Waals surface area contributed by atoms with Crippen LogP contribution in [0.15, 0.2) is 28.8 Å². The van der Waals surface area contributed by atoms with Crippen molar-refractivity contribution in [1.29, 1.82) is 0 Å². The van der Waals surface area contributed by atoms with Crippen molar-refractivity contribution in [3.05, 3.63) is 47.4 Å². The standard InChI is InChI=1S/C17H22FN5O3/c1-23(10-16-19-15(22-26-16)7-8-25-2)17(24)14-9-13(20-21-14)11-3-5-12(18)6-4-11/h3-6,13-14,20-21H,7-10H2,1-2H3. The smallest absolute Gasteiger partial charge is 0.246 e. The summed E-state index contributed by atoms with van der Waals surface area (Å²) in [6.07, 6.45) is 1.13. The number of methoxy groups -OCH3 is 1. The molecule has 0 spiro atoms. The highest BCUT2D eigenvalue weighted by Crippen LogP contribution is 2.23. The van der Waals surface area contributed by atoms with Gasteiger partial charge in [0.25, 0.3) is 0 Å². The van der Waals surface area contributed by atoms with Crippen molar-refractivity contribution < 1.29 is 18.4 Å². The molecule has 2 N–H and O–H groups in total. The van der Waals surface area contributed by atoms with E-state index in [4.69, 9.17) is 9.26 Å². The van der Waals surface area contributed by atoms with Gasteiger partial charge in [0.15, 0.2) is 5.82 Å². The van der Waals surface area contributed by atoms with Gasteiger partial charge in [0, 0.05) is 26.6 Å². The van der Waals surface area contributed by atoms with Gasteiger partial charge in [0.05, 0.1) is 13.2 Å². The second-order valence-corrected chi connectivity index (χ2v) is 6.22. The van der Waals surface area contributed by atoms with Crippen LogP contribution in [0.2, 0.25) is 0 Å². The van der Waals surface area contributed by atoms with Crippen LogP contribution in [0.1, 0.15) is 29.7 Å². The Labute approximate surface area is 150 Å². The molecule has 9 heteroatoms. The molecule has 0 bridgehead atoms. The van der Waals surface area contributed by atoms with E-state index in [2.05, 4.69) is 21.0 Å². The summed E-state index contributed by atoms with van der Waals surface area (Å²) in [6, 6.07) is 5.81. The molecular formula is C17H22FN5O3. The number of ether oxygens (including phenoxy) is 1. The zero-order chi connectivity index (χ0) is 18.5. The minimum atomic E-state index is -0.383. The number of likely N-dealkylation sites (N-methyl/N-ethyl adjacent to an activating group) is 1. The second-order valence-electron chi connectivity index (χ2n) is 6.22. The maximum absolute atomic E-state index is 13.0. The van der Waals surface area contributed by atoms with Crippen molar-refractivity contribution in [2.45, 2.75) is 31.5 Å². The molecule has 2 heterocycles. The van der Waals surface area contributed by atoms with Crippen molar-refractivity contribution in [1.82, 2.24) is 25.9 Å². The minimum Gasteiger partial charge on any atom is -0.384 e. The van der Waals surface area contributed by atoms with Crippen LogP contribution < -0.4 is 10.9 Å². The average molecular weight is 363 g/mol. The van der Waals surface area contributed by atoms with Crippen LogP contribution in [0.3, 0.4) is 0 Å². The number of hydrazine groups is 1. The third kappa shape index (κ3) is 4.43. The first-order valence-electron chi connectivity index (χ1n) is 8.38. The number of benzene rings is 1. The van der Waals surface area contributed by atoms with E-state index in [1.165, 1.54) is 12.1 Å². The number of hydrogen-bond donors (Lipinski definition) is 2. The van der Waals surface area contributed by atoms with Gasteiger partial charge in [0.2, 0.25) is 11.8 Å². The second kappa shape index (κ2) is 8.35. The van der Waals surface area contributed by atoms with Crippen LogP contribution in [0, 0.1) is 5.82 Å². The van der Waals surface area contributed by atoms with Gasteiger partial charge < -0.3 is 14.2 Å². The van der Waals surface area contributed by atoms with Gasteiger partial charge in [-0.2, -0.15) is 4.98 Å². The van der Waals surface area contributed by atoms with Crippen LogP contribution in [0.25, 0.3) is 0 Å². The first-order valence-corrected chi connectivity index (χ1v) is 8.38. The van der Waals surface area contributed by atoms with E-state index < -0.39 is 0 Å². The topological polar surface area (TPSA) is 92.5 Å². The predicted octanol–water partition coefficient (Wildman–Crippen LogP) is 0.964. The zero-order valence-electron chi connectivity index (χ0n) is 14.7. The molecule has 1 aromatic carbocycles. The minimum absolute atomic E-state index is 0.0537. The lowest BCUT2D eigenvalue weighted by Crippen LogP contribution is -2.43. The Bertz CT molecular complexity index is 736. The summed E-state index contributed by atoms with van der Waals surface area (Å²) in [5.41, 5.74) is 7.01. The summed E-state index contributed by atoms with van der Waals surface area (Å²) in [5.74, 6) is 0.572. The van der Waals surface area contributed by atoms with E-state index in [-0.39, 0.29) is 30.4 Å². The van der Waals surface area contributed by atoms with E-state index in [9.17, 15) is 9.18 Å². The maximum Gasteiger partial charge on any atom is 0.246 e. The van der Waals surface area contributed by atoms with E-state index in [1.807, 2.05) is 0 Å². The summed E-state index contributed by atoms with van der Waals surface area (Å²) in [7, 11) is 3.30. The summed E-state index contributed by atoms with van der Waals surface area (Å²) >= 11 is 0. The fourth-order valence-corrected chi connectivity index (χ4v) is 2.83. The molecule has 1 aliphatic heterocycles. The normalized spacial score (nSPS) is 19.7. The van der Waals surface area contributed by atoms with Gasteiger partial charge in [-0.3, -0.25) is 4.79 Å². The molecule has 26 heavy (non-hydrogen) atoms. The van der Waals surface area contributed by atoms with E-state index in [1.54, 1.807) is 31.2 Å². The van der Waals surface area contributed by atoms with E-state index in [0.717, 1.165) is 5.56 Å². The molecule has 0 radical (unpaired) electrons. The molecule has 1 aliphatic rings. The molecule has 0 aliphatic carbocycles. The number of hydrogen-bond acceptors (Lipinski definition) is 7. The molecule has 1 fully saturated rings. The summed E-state index contributed by atoms with van der Waals surface area (Å²) in [6.45, 7) is 0.744. The van der Waals surface area contributed by atoms with Gasteiger partial charge in [-0.15, -0.1) is 0 Å². The summed E-state index contributed by atoms with van der Waals surface area (Å²) in [5, 5.41) is 3.86. The Morgan fingerprint density at radius 1 is 1.38 bits per heavy atom. The fraction of sp³-hybridized carbons (Fsp3) is 0.471. The van der Waals surface area contributed by atoms with Gasteiger partial charge in [-0.25, -0.2) is 15.2 Å². The van der Waals surface area contributed by atoms with Gasteiger partial charge >= 0.3 is 0 Å². The van der Waals surface area contributed by atoms with Crippen LogP contribution in [0.5, 0.6) is 0 Å². The predicted molar refractivity (Wildman–Crippen MR) is 90.2 cm³/mol. The molecule has 1 aromatic heterocycles. The number of halogens is 1. The Balaban J connectivity index is 1.54. The number of amides is 1. The molecule has 140 valence electrons. The molecule has 2 aromatic rings. The van der Waals surface area contributed by atoms with Crippen molar-refractivity contribution >= 4 is 5.91 Å². The molecule has 1 amide bonds. The number of aromatic nitrogens is 2. The fourth-order valence-electron chi connectivity index (χ4n) is 2.83. The number of rotatable bonds is 7. The lowest BCUT2D eigenvalue weighted by atomic mass is 10.0. The Morgan fingerprint density at radius 3 is 2.88 bits per heavy atom. The highest BCUT2D eigenvalue weighted by molar-refractivity contribution is 5.81. The molecule has 8 nitrogen and oxygen atoms in total. The van der Waals surface area contributed by atoms with Crippen molar-refractivity contribution in [3.8, 4) is 0 Å². The van der Waals surface area contributed by atoms with Crippen molar-refractivity contribution in [3.63, 3.8) is 0 Å². The van der Waals surface area contributed by atoms with Crippen molar-refractivity contribution in [2.75, 3.05) is 20.8 Å². The van der Waals surface area contributed by atoms with Crippen molar-refractivity contribution in [2.24, 2.45) is 0 Å². The van der Waals surface area contributed by atoms with Gasteiger partial charge in [-0.1, -0.05) is 17.3 Å². The first-order chi connectivity index (χ1) is 12.6. The third-order valence-corrected chi connectivity index (χ3v) is 4.26. The third-order valence-electron chi connectivity index (χ3n) is 4.26. The van der Waals surface area contributed by atoms with Crippen LogP contribution in [-0.2, 0) is 22.5 Å². The Hall–Kier alpha value is -2.36. The number of carbonyl (C=O) groups is 1. The largest absolute Gasteiger partial charge is 0.384 e. The highest BCUT2D eigenvalue weighted by atomic mass is 19.1. The van der Waals surface area contributed by atoms with Crippen LogP contribution in [0.4, 0.5) is 4.39 Å². The Kier molecular flexibility index (Phi) is 5.92. The zero-order valence-corrected chi connectivity index (χ0v) is 14.7. The van der Waals surface area contributed by atoms with E-state index in [0.29, 0.717) is 31.2 Å². The maximum atomic E-state index is 13.0. The molecule has 1 saturated heterocycles. The monoisotopic (exact) mass is 363 g/mol. The molecular weight excluding hydrogens is 341 g/mol. The summed E-state index contributed by atoms with van der Waals surface area (Å²) in [4.78, 5) is 18.4. The average Bonchev–Trinajstić information content (AvgIpc) is 3.29. The lowest BCUT2D eigenvalue weighted by molar-refractivity contribution is -0.132. The number of nitrogens with zero attached hydrogens (tertiary/aromatic N) is 3. The molecule has 3 rings (SSSR count). The van der Waals surface area contributed by atoms with Crippen LogP contribution >= 0.6 is 0 Å².